The van der Waals surface area contributed by atoms with Crippen molar-refractivity contribution in [2.75, 3.05) is 36.5 Å². The van der Waals surface area contributed by atoms with Crippen molar-refractivity contribution in [2.24, 2.45) is 0 Å². The molecule has 8 heteroatoms. The van der Waals surface area contributed by atoms with E-state index in [0.29, 0.717) is 5.82 Å². The summed E-state index contributed by atoms with van der Waals surface area (Å²) in [6.45, 7) is 3.38. The number of nitrogens with zero attached hydrogens (tertiary/aromatic N) is 5. The first kappa shape index (κ1) is 17.9. The first-order chi connectivity index (χ1) is 15.3. The molecule has 5 aromatic rings. The highest BCUT2D eigenvalue weighted by atomic mass is 16.5. The van der Waals surface area contributed by atoms with Crippen LogP contribution in [0.1, 0.15) is 0 Å². The van der Waals surface area contributed by atoms with E-state index >= 15 is 0 Å². The Hall–Kier alpha value is -3.91. The van der Waals surface area contributed by atoms with Crippen LogP contribution in [0.25, 0.3) is 28.0 Å². The van der Waals surface area contributed by atoms with E-state index in [4.69, 9.17) is 14.1 Å². The summed E-state index contributed by atoms with van der Waals surface area (Å²) in [4.78, 5) is 15.8. The number of oxazole rings is 1. The number of benzene rings is 2. The Bertz CT molecular complexity index is 1350. The summed E-state index contributed by atoms with van der Waals surface area (Å²) in [6.07, 6.45) is 7.11. The van der Waals surface area contributed by atoms with Crippen LogP contribution in [-0.4, -0.2) is 45.7 Å². The molecule has 0 bridgehead atoms. The van der Waals surface area contributed by atoms with Gasteiger partial charge in [0.1, 0.15) is 5.52 Å². The minimum atomic E-state index is 0.694. The molecule has 0 aliphatic carbocycles. The lowest BCUT2D eigenvalue weighted by atomic mass is 10.1. The van der Waals surface area contributed by atoms with Gasteiger partial charge in [-0.25, -0.2) is 15.0 Å². The summed E-state index contributed by atoms with van der Waals surface area (Å²) >= 11 is 0. The average molecular weight is 412 g/mol. The first-order valence-corrected chi connectivity index (χ1v) is 10.2. The van der Waals surface area contributed by atoms with Crippen LogP contribution in [-0.2, 0) is 4.74 Å². The van der Waals surface area contributed by atoms with E-state index in [9.17, 15) is 0 Å². The lowest BCUT2D eigenvalue weighted by Crippen LogP contribution is -2.36. The van der Waals surface area contributed by atoms with Gasteiger partial charge in [0.05, 0.1) is 18.9 Å². The molecule has 2 aromatic carbocycles. The number of hydrogen-bond donors (Lipinski definition) is 1. The molecule has 0 radical (unpaired) electrons. The van der Waals surface area contributed by atoms with Gasteiger partial charge in [-0.2, -0.15) is 0 Å². The first-order valence-electron chi connectivity index (χ1n) is 10.2. The molecule has 1 aliphatic rings. The van der Waals surface area contributed by atoms with Crippen molar-refractivity contribution < 1.29 is 9.15 Å². The van der Waals surface area contributed by atoms with Crippen LogP contribution >= 0.6 is 0 Å². The molecule has 3 aromatic heterocycles. The molecule has 0 saturated carbocycles. The fourth-order valence-electron chi connectivity index (χ4n) is 3.88. The van der Waals surface area contributed by atoms with Crippen LogP contribution in [0.15, 0.2) is 71.9 Å². The molecule has 4 heterocycles. The standard InChI is InChI=1S/C23H20N6O2/c1-6-19-21(31-15-25-19)13-16(1)20-14-29-8-7-24-23(29)22(27-20)26-17-2-4-18(5-3-17)28-9-11-30-12-10-28/h1-8,13-15H,9-12H2,(H,26,27). The molecule has 154 valence electrons. The van der Waals surface area contributed by atoms with Crippen LogP contribution in [0, 0.1) is 0 Å². The second-order valence-electron chi connectivity index (χ2n) is 7.44. The number of nitrogens with one attached hydrogen (secondary N) is 1. The molecule has 0 atom stereocenters. The van der Waals surface area contributed by atoms with Crippen molar-refractivity contribution in [3.8, 4) is 11.3 Å². The van der Waals surface area contributed by atoms with E-state index in [1.165, 1.54) is 12.1 Å². The SMILES string of the molecule is c1cn2cc(-c3ccc4ncoc4c3)nc(Nc3ccc(N4CCOCC4)cc3)c2n1. The normalized spacial score (nSPS) is 14.4. The van der Waals surface area contributed by atoms with Gasteiger partial charge in [0, 0.05) is 48.6 Å². The van der Waals surface area contributed by atoms with Crippen molar-refractivity contribution >= 4 is 33.9 Å². The van der Waals surface area contributed by atoms with E-state index in [2.05, 4.69) is 44.5 Å². The van der Waals surface area contributed by atoms with Crippen LogP contribution in [0.2, 0.25) is 0 Å². The zero-order valence-electron chi connectivity index (χ0n) is 16.7. The lowest BCUT2D eigenvalue weighted by Gasteiger charge is -2.28. The monoisotopic (exact) mass is 412 g/mol. The van der Waals surface area contributed by atoms with Crippen molar-refractivity contribution in [1.29, 1.82) is 0 Å². The highest BCUT2D eigenvalue weighted by molar-refractivity contribution is 5.80. The third-order valence-corrected chi connectivity index (χ3v) is 5.51. The summed E-state index contributed by atoms with van der Waals surface area (Å²) in [7, 11) is 0. The zero-order valence-corrected chi connectivity index (χ0v) is 16.7. The average Bonchev–Trinajstić information content (AvgIpc) is 3.49. The Kier molecular flexibility index (Phi) is 4.28. The molecule has 0 unspecified atom stereocenters. The molecule has 0 spiro atoms. The third kappa shape index (κ3) is 3.36. The molecule has 31 heavy (non-hydrogen) atoms. The largest absolute Gasteiger partial charge is 0.443 e. The second kappa shape index (κ2) is 7.41. The zero-order chi connectivity index (χ0) is 20.6. The van der Waals surface area contributed by atoms with Gasteiger partial charge < -0.3 is 23.8 Å². The number of hydrogen-bond acceptors (Lipinski definition) is 7. The number of aromatic nitrogens is 4. The Morgan fingerprint density at radius 1 is 0.968 bits per heavy atom. The van der Waals surface area contributed by atoms with E-state index in [-0.39, 0.29) is 0 Å². The summed E-state index contributed by atoms with van der Waals surface area (Å²) in [5.74, 6) is 0.694. The van der Waals surface area contributed by atoms with Crippen molar-refractivity contribution in [3.05, 3.63) is 67.4 Å². The van der Waals surface area contributed by atoms with Crippen LogP contribution in [0.5, 0.6) is 0 Å². The number of morpholine rings is 1. The van der Waals surface area contributed by atoms with Crippen molar-refractivity contribution in [1.82, 2.24) is 19.4 Å². The predicted octanol–water partition coefficient (Wildman–Crippen LogP) is 4.12. The number of fused-ring (bicyclic) bond motifs is 2. The molecule has 0 amide bonds. The van der Waals surface area contributed by atoms with Gasteiger partial charge in [-0.05, 0) is 36.4 Å². The van der Waals surface area contributed by atoms with Crippen LogP contribution in [0.4, 0.5) is 17.2 Å². The maximum absolute atomic E-state index is 5.45. The Balaban J connectivity index is 1.33. The second-order valence-corrected chi connectivity index (χ2v) is 7.44. The summed E-state index contributed by atoms with van der Waals surface area (Å²) in [6, 6.07) is 14.3. The van der Waals surface area contributed by atoms with E-state index in [1.54, 1.807) is 6.20 Å². The smallest absolute Gasteiger partial charge is 0.181 e. The quantitative estimate of drug-likeness (QED) is 0.476. The number of anilines is 3. The predicted molar refractivity (Wildman–Crippen MR) is 119 cm³/mol. The Labute approximate surface area is 178 Å². The summed E-state index contributed by atoms with van der Waals surface area (Å²) < 4.78 is 12.9. The summed E-state index contributed by atoms with van der Waals surface area (Å²) in [5, 5.41) is 3.43. The molecule has 6 rings (SSSR count). The van der Waals surface area contributed by atoms with Gasteiger partial charge >= 0.3 is 0 Å². The highest BCUT2D eigenvalue weighted by Gasteiger charge is 2.13. The van der Waals surface area contributed by atoms with Crippen molar-refractivity contribution in [3.63, 3.8) is 0 Å². The third-order valence-electron chi connectivity index (χ3n) is 5.51. The minimum absolute atomic E-state index is 0.694. The van der Waals surface area contributed by atoms with E-state index in [1.807, 2.05) is 35.0 Å². The van der Waals surface area contributed by atoms with Gasteiger partial charge in [0.2, 0.25) is 0 Å². The van der Waals surface area contributed by atoms with E-state index in [0.717, 1.165) is 60.0 Å². The molecular weight excluding hydrogens is 392 g/mol. The number of ether oxygens (including phenoxy) is 1. The molecule has 1 aliphatic heterocycles. The summed E-state index contributed by atoms with van der Waals surface area (Å²) in [5.41, 5.74) is 6.24. The Morgan fingerprint density at radius 3 is 2.71 bits per heavy atom. The molecule has 8 nitrogen and oxygen atoms in total. The minimum Gasteiger partial charge on any atom is -0.443 e. The van der Waals surface area contributed by atoms with Gasteiger partial charge in [0.15, 0.2) is 23.4 Å². The fraction of sp³-hybridized carbons (Fsp3) is 0.174. The van der Waals surface area contributed by atoms with Gasteiger partial charge in [0.25, 0.3) is 0 Å². The van der Waals surface area contributed by atoms with Crippen molar-refractivity contribution in [2.45, 2.75) is 0 Å². The maximum atomic E-state index is 5.45. The number of rotatable bonds is 4. The topological polar surface area (TPSA) is 80.7 Å². The fourth-order valence-corrected chi connectivity index (χ4v) is 3.88. The molecule has 1 saturated heterocycles. The number of imidazole rings is 1. The highest BCUT2D eigenvalue weighted by Crippen LogP contribution is 2.27. The maximum Gasteiger partial charge on any atom is 0.181 e. The van der Waals surface area contributed by atoms with Gasteiger partial charge in [-0.15, -0.1) is 0 Å². The molecule has 1 N–H and O–H groups in total. The van der Waals surface area contributed by atoms with E-state index < -0.39 is 0 Å². The van der Waals surface area contributed by atoms with Gasteiger partial charge in [-0.1, -0.05) is 6.07 Å². The Morgan fingerprint density at radius 2 is 1.84 bits per heavy atom. The van der Waals surface area contributed by atoms with Crippen LogP contribution < -0.4 is 10.2 Å². The van der Waals surface area contributed by atoms with Gasteiger partial charge in [-0.3, -0.25) is 0 Å². The molecular formula is C23H20N6O2. The molecule has 1 fully saturated rings. The van der Waals surface area contributed by atoms with Crippen LogP contribution in [0.3, 0.4) is 0 Å². The lowest BCUT2D eigenvalue weighted by molar-refractivity contribution is 0.122.